The van der Waals surface area contributed by atoms with Gasteiger partial charge in [-0.15, -0.1) is 0 Å². The van der Waals surface area contributed by atoms with Gasteiger partial charge in [0.15, 0.2) is 11.4 Å². The van der Waals surface area contributed by atoms with E-state index in [0.29, 0.717) is 0 Å². The van der Waals surface area contributed by atoms with Crippen molar-refractivity contribution in [3.8, 4) is 5.75 Å². The Labute approximate surface area is 122 Å². The molecule has 2 aromatic heterocycles. The van der Waals surface area contributed by atoms with Gasteiger partial charge in [-0.1, -0.05) is 0 Å². The van der Waals surface area contributed by atoms with Gasteiger partial charge in [0.25, 0.3) is 5.91 Å². The minimum Gasteiger partial charge on any atom is -0.504 e. The second kappa shape index (κ2) is 6.10. The lowest BCUT2D eigenvalue weighted by atomic mass is 10.2. The lowest BCUT2D eigenvalue weighted by molar-refractivity contribution is -0.134. The van der Waals surface area contributed by atoms with Crippen LogP contribution in [-0.4, -0.2) is 38.3 Å². The average molecular weight is 318 g/mol. The number of aryl methyl sites for hydroxylation is 1. The summed E-state index contributed by atoms with van der Waals surface area (Å²) < 4.78 is 38.6. The zero-order valence-corrected chi connectivity index (χ0v) is 11.2. The molecule has 0 saturated carbocycles. The molecular formula is C12H13F3N4O3. The molecule has 7 nitrogen and oxygen atoms in total. The number of carbonyl (C=O) groups is 1. The number of halogens is 3. The molecule has 2 rings (SSSR count). The monoisotopic (exact) mass is 318 g/mol. The van der Waals surface area contributed by atoms with Crippen LogP contribution in [-0.2, 0) is 11.2 Å². The van der Waals surface area contributed by atoms with Gasteiger partial charge < -0.3 is 10.4 Å². The highest BCUT2D eigenvalue weighted by molar-refractivity contribution is 5.79. The highest BCUT2D eigenvalue weighted by Crippen LogP contribution is 2.28. The largest absolute Gasteiger partial charge is 0.504 e. The van der Waals surface area contributed by atoms with Crippen molar-refractivity contribution in [2.75, 3.05) is 11.9 Å². The Morgan fingerprint density at radius 1 is 1.41 bits per heavy atom. The number of hydrogen-bond donors (Lipinski definition) is 4. The smallest absolute Gasteiger partial charge is 0.389 e. The topological polar surface area (TPSA) is 98.9 Å². The van der Waals surface area contributed by atoms with Crippen molar-refractivity contribution >= 4 is 17.4 Å². The summed E-state index contributed by atoms with van der Waals surface area (Å²) in [4.78, 5) is 15.0. The summed E-state index contributed by atoms with van der Waals surface area (Å²) in [7, 11) is 0. The summed E-state index contributed by atoms with van der Waals surface area (Å²) >= 11 is 0. The molecule has 0 bridgehead atoms. The van der Waals surface area contributed by atoms with Crippen LogP contribution in [0.2, 0.25) is 0 Å². The highest BCUT2D eigenvalue weighted by Gasteiger charge is 2.28. The maximum atomic E-state index is 12.4. The number of imidazole rings is 1. The lowest BCUT2D eigenvalue weighted by Gasteiger charge is -2.09. The lowest BCUT2D eigenvalue weighted by Crippen LogP contribution is -2.27. The number of nitrogens with one attached hydrogen (secondary N) is 2. The minimum atomic E-state index is -4.35. The number of anilines is 1. The fourth-order valence-corrected chi connectivity index (χ4v) is 1.95. The molecule has 10 heteroatoms. The molecule has 0 aliphatic rings. The summed E-state index contributed by atoms with van der Waals surface area (Å²) in [5, 5.41) is 20.7. The number of alkyl halides is 3. The van der Waals surface area contributed by atoms with Crippen LogP contribution in [0.15, 0.2) is 18.3 Å². The van der Waals surface area contributed by atoms with Crippen LogP contribution in [0.4, 0.5) is 19.0 Å². The molecule has 0 aromatic carbocycles. The molecule has 0 atom stereocenters. The van der Waals surface area contributed by atoms with E-state index in [4.69, 9.17) is 5.21 Å². The molecule has 2 heterocycles. The van der Waals surface area contributed by atoms with Crippen LogP contribution in [0.5, 0.6) is 5.75 Å². The van der Waals surface area contributed by atoms with Gasteiger partial charge in [-0.25, -0.2) is 10.5 Å². The molecule has 0 saturated heterocycles. The third-order valence-electron chi connectivity index (χ3n) is 2.91. The van der Waals surface area contributed by atoms with Crippen molar-refractivity contribution < 1.29 is 28.3 Å². The molecule has 22 heavy (non-hydrogen) atoms. The van der Waals surface area contributed by atoms with Gasteiger partial charge in [0, 0.05) is 19.0 Å². The summed E-state index contributed by atoms with van der Waals surface area (Å²) in [5.74, 6) is -0.937. The number of rotatable bonds is 5. The number of fused-ring (bicyclic) bond motifs is 1. The first-order chi connectivity index (χ1) is 10.3. The number of hydroxylamine groups is 1. The maximum Gasteiger partial charge on any atom is 0.389 e. The molecule has 1 amide bonds. The third kappa shape index (κ3) is 3.58. The van der Waals surface area contributed by atoms with Crippen LogP contribution in [0, 0.1) is 0 Å². The summed E-state index contributed by atoms with van der Waals surface area (Å²) in [5.41, 5.74) is 1.64. The fraction of sp³-hybridized carbons (Fsp3) is 0.333. The zero-order valence-electron chi connectivity index (χ0n) is 11.2. The Balaban J connectivity index is 2.35. The van der Waals surface area contributed by atoms with Crippen LogP contribution < -0.4 is 10.8 Å². The standard InChI is InChI=1S/C12H13F3N4O3/c13-12(14,15)4-3-7-10(16-6-9(21)18-22)17-11-8(20)2-1-5-19(7)11/h1-2,5,16,20,22H,3-4,6H2,(H,18,21). The van der Waals surface area contributed by atoms with Crippen LogP contribution in [0.1, 0.15) is 12.1 Å². The van der Waals surface area contributed by atoms with Gasteiger partial charge in [0.1, 0.15) is 5.82 Å². The minimum absolute atomic E-state index is 0.0364. The van der Waals surface area contributed by atoms with E-state index in [2.05, 4.69) is 10.3 Å². The summed E-state index contributed by atoms with van der Waals surface area (Å²) in [6.45, 7) is -0.375. The summed E-state index contributed by atoms with van der Waals surface area (Å²) in [6, 6.07) is 2.81. The molecular weight excluding hydrogens is 305 g/mol. The van der Waals surface area contributed by atoms with Crippen LogP contribution in [0.25, 0.3) is 5.65 Å². The Morgan fingerprint density at radius 3 is 2.77 bits per heavy atom. The zero-order chi connectivity index (χ0) is 16.3. The van der Waals surface area contributed by atoms with E-state index in [1.54, 1.807) is 0 Å². The third-order valence-corrected chi connectivity index (χ3v) is 2.91. The first kappa shape index (κ1) is 15.9. The van der Waals surface area contributed by atoms with Crippen molar-refractivity contribution in [1.82, 2.24) is 14.9 Å². The van der Waals surface area contributed by atoms with E-state index in [9.17, 15) is 23.1 Å². The molecule has 0 unspecified atom stereocenters. The number of amides is 1. The van der Waals surface area contributed by atoms with Gasteiger partial charge >= 0.3 is 6.18 Å². The Bertz CT molecular complexity index is 684. The molecule has 0 aliphatic heterocycles. The van der Waals surface area contributed by atoms with Gasteiger partial charge in [0.05, 0.1) is 12.2 Å². The Hall–Kier alpha value is -2.49. The second-order valence-electron chi connectivity index (χ2n) is 4.50. The first-order valence-corrected chi connectivity index (χ1v) is 6.24. The first-order valence-electron chi connectivity index (χ1n) is 6.24. The average Bonchev–Trinajstić information content (AvgIpc) is 2.81. The number of aromatic nitrogens is 2. The van der Waals surface area contributed by atoms with Gasteiger partial charge in [-0.2, -0.15) is 13.2 Å². The molecule has 0 spiro atoms. The van der Waals surface area contributed by atoms with Crippen LogP contribution in [0.3, 0.4) is 0 Å². The molecule has 0 aliphatic carbocycles. The van der Waals surface area contributed by atoms with Crippen molar-refractivity contribution in [1.29, 1.82) is 0 Å². The predicted molar refractivity (Wildman–Crippen MR) is 69.7 cm³/mol. The summed E-state index contributed by atoms with van der Waals surface area (Å²) in [6.07, 6.45) is -4.33. The quantitative estimate of drug-likeness (QED) is 0.494. The maximum absolute atomic E-state index is 12.4. The normalized spacial score (nSPS) is 11.6. The number of pyridine rings is 1. The fourth-order valence-electron chi connectivity index (χ4n) is 1.95. The Kier molecular flexibility index (Phi) is 4.40. The van der Waals surface area contributed by atoms with E-state index in [1.807, 2.05) is 0 Å². The van der Waals surface area contributed by atoms with E-state index >= 15 is 0 Å². The predicted octanol–water partition coefficient (Wildman–Crippen LogP) is 1.45. The molecule has 2 aromatic rings. The molecule has 4 N–H and O–H groups in total. The molecule has 120 valence electrons. The van der Waals surface area contributed by atoms with E-state index < -0.39 is 18.5 Å². The highest BCUT2D eigenvalue weighted by atomic mass is 19.4. The van der Waals surface area contributed by atoms with Crippen molar-refractivity contribution in [3.05, 3.63) is 24.0 Å². The number of nitrogens with zero attached hydrogens (tertiary/aromatic N) is 2. The number of carbonyl (C=O) groups excluding carboxylic acids is 1. The van der Waals surface area contributed by atoms with Crippen molar-refractivity contribution in [2.24, 2.45) is 0 Å². The van der Waals surface area contributed by atoms with E-state index in [1.165, 1.54) is 28.2 Å². The Morgan fingerprint density at radius 2 is 2.14 bits per heavy atom. The van der Waals surface area contributed by atoms with Crippen molar-refractivity contribution in [2.45, 2.75) is 19.0 Å². The van der Waals surface area contributed by atoms with Crippen LogP contribution >= 0.6 is 0 Å². The second-order valence-corrected chi connectivity index (χ2v) is 4.50. The van der Waals surface area contributed by atoms with E-state index in [-0.39, 0.29) is 35.9 Å². The number of hydrogen-bond acceptors (Lipinski definition) is 5. The van der Waals surface area contributed by atoms with E-state index in [0.717, 1.165) is 0 Å². The molecule has 0 radical (unpaired) electrons. The van der Waals surface area contributed by atoms with Gasteiger partial charge in [0.2, 0.25) is 0 Å². The van der Waals surface area contributed by atoms with Crippen molar-refractivity contribution in [3.63, 3.8) is 0 Å². The molecule has 0 fully saturated rings. The number of aromatic hydroxyl groups is 1. The SMILES string of the molecule is O=C(CNc1nc2c(O)cccn2c1CCC(F)(F)F)NO. The van der Waals surface area contributed by atoms with Gasteiger partial charge in [-0.05, 0) is 12.1 Å². The van der Waals surface area contributed by atoms with Gasteiger partial charge in [-0.3, -0.25) is 14.4 Å².